The fourth-order valence-electron chi connectivity index (χ4n) is 2.56. The summed E-state index contributed by atoms with van der Waals surface area (Å²) in [4.78, 5) is 23.5. The van der Waals surface area contributed by atoms with Gasteiger partial charge in [0.25, 0.3) is 5.91 Å². The van der Waals surface area contributed by atoms with E-state index in [-0.39, 0.29) is 11.9 Å². The number of carbonyl (C=O) groups excluding carboxylic acids is 2. The van der Waals surface area contributed by atoms with E-state index in [0.717, 1.165) is 11.3 Å². The summed E-state index contributed by atoms with van der Waals surface area (Å²) in [7, 11) is 0. The van der Waals surface area contributed by atoms with Crippen LogP contribution in [-0.4, -0.2) is 25.1 Å². The zero-order valence-electron chi connectivity index (χ0n) is 14.1. The fraction of sp³-hybridized carbons (Fsp3) is 0.263. The predicted molar refractivity (Wildman–Crippen MR) is 95.9 cm³/mol. The molecule has 0 spiro atoms. The third-order valence-corrected chi connectivity index (χ3v) is 3.95. The van der Waals surface area contributed by atoms with Gasteiger partial charge in [-0.3, -0.25) is 4.79 Å². The molecule has 3 N–H and O–H groups in total. The monoisotopic (exact) mass is 339 g/mol. The highest BCUT2D eigenvalue weighted by molar-refractivity contribution is 6.00. The van der Waals surface area contributed by atoms with Crippen LogP contribution in [0, 0.1) is 6.92 Å². The second-order valence-corrected chi connectivity index (χ2v) is 5.95. The smallest absolute Gasteiger partial charge is 0.319 e. The summed E-state index contributed by atoms with van der Waals surface area (Å²) in [5.74, 6) is 0.721. The van der Waals surface area contributed by atoms with Crippen LogP contribution in [0.3, 0.4) is 0 Å². The molecule has 0 atom stereocenters. The Hall–Kier alpha value is -3.02. The number of fused-ring (bicyclic) bond motifs is 1. The van der Waals surface area contributed by atoms with Crippen molar-refractivity contribution in [2.45, 2.75) is 19.9 Å². The summed E-state index contributed by atoms with van der Waals surface area (Å²) >= 11 is 0. The second kappa shape index (κ2) is 7.70. The molecule has 6 heteroatoms. The Labute approximate surface area is 146 Å². The first-order valence-electron chi connectivity index (χ1n) is 8.27. The Morgan fingerprint density at radius 1 is 1.20 bits per heavy atom. The number of amides is 3. The highest BCUT2D eigenvalue weighted by atomic mass is 16.5. The molecule has 25 heavy (non-hydrogen) atoms. The number of hydrogen-bond acceptors (Lipinski definition) is 3. The zero-order chi connectivity index (χ0) is 17.6. The number of aryl methyl sites for hydroxylation is 1. The summed E-state index contributed by atoms with van der Waals surface area (Å²) < 4.78 is 5.61. The van der Waals surface area contributed by atoms with Gasteiger partial charge in [0, 0.05) is 24.3 Å². The quantitative estimate of drug-likeness (QED) is 0.708. The van der Waals surface area contributed by atoms with Crippen molar-refractivity contribution in [3.8, 4) is 5.75 Å². The molecule has 0 bridgehead atoms. The lowest BCUT2D eigenvalue weighted by atomic mass is 10.1. The van der Waals surface area contributed by atoms with E-state index in [9.17, 15) is 9.59 Å². The molecule has 0 saturated carbocycles. The van der Waals surface area contributed by atoms with E-state index in [0.29, 0.717) is 37.4 Å². The summed E-state index contributed by atoms with van der Waals surface area (Å²) in [6.07, 6.45) is 0.702. The van der Waals surface area contributed by atoms with Gasteiger partial charge in [0.05, 0.1) is 6.61 Å². The van der Waals surface area contributed by atoms with Gasteiger partial charge in [-0.05, 0) is 43.2 Å². The van der Waals surface area contributed by atoms with Crippen molar-refractivity contribution in [3.05, 3.63) is 59.2 Å². The number of benzene rings is 2. The number of urea groups is 1. The van der Waals surface area contributed by atoms with Crippen LogP contribution in [0.5, 0.6) is 5.75 Å². The summed E-state index contributed by atoms with van der Waals surface area (Å²) in [6.45, 7) is 3.60. The van der Waals surface area contributed by atoms with Crippen LogP contribution >= 0.6 is 0 Å². The summed E-state index contributed by atoms with van der Waals surface area (Å²) in [5.41, 5.74) is 3.35. The molecule has 1 heterocycles. The van der Waals surface area contributed by atoms with E-state index in [1.54, 1.807) is 12.1 Å². The van der Waals surface area contributed by atoms with Crippen LogP contribution in [-0.2, 0) is 6.54 Å². The molecule has 2 aromatic carbocycles. The molecule has 0 radical (unpaired) electrons. The molecule has 6 nitrogen and oxygen atoms in total. The van der Waals surface area contributed by atoms with Gasteiger partial charge in [-0.1, -0.05) is 23.8 Å². The molecule has 0 aromatic heterocycles. The van der Waals surface area contributed by atoms with Crippen LogP contribution < -0.4 is 20.7 Å². The van der Waals surface area contributed by atoms with Crippen molar-refractivity contribution >= 4 is 17.6 Å². The Balaban J connectivity index is 1.38. The molecule has 0 aliphatic carbocycles. The average Bonchev–Trinajstić information content (AvgIpc) is 2.97. The first kappa shape index (κ1) is 16.8. The van der Waals surface area contributed by atoms with Crippen molar-refractivity contribution in [2.24, 2.45) is 0 Å². The molecule has 1 aliphatic rings. The highest BCUT2D eigenvalue weighted by Crippen LogP contribution is 2.20. The fourth-order valence-corrected chi connectivity index (χ4v) is 2.56. The number of carbonyl (C=O) groups is 2. The lowest BCUT2D eigenvalue weighted by Crippen LogP contribution is -2.30. The predicted octanol–water partition coefficient (Wildman–Crippen LogP) is 2.83. The minimum atomic E-state index is -0.298. The van der Waals surface area contributed by atoms with Crippen molar-refractivity contribution < 1.29 is 14.3 Å². The number of nitrogens with one attached hydrogen (secondary N) is 3. The van der Waals surface area contributed by atoms with E-state index in [1.807, 2.05) is 37.3 Å². The lowest BCUT2D eigenvalue weighted by Gasteiger charge is -2.09. The van der Waals surface area contributed by atoms with E-state index in [2.05, 4.69) is 16.0 Å². The minimum absolute atomic E-state index is 0.104. The molecule has 130 valence electrons. The first-order valence-corrected chi connectivity index (χ1v) is 8.27. The van der Waals surface area contributed by atoms with Gasteiger partial charge >= 0.3 is 6.03 Å². The van der Waals surface area contributed by atoms with E-state index >= 15 is 0 Å². The van der Waals surface area contributed by atoms with Crippen molar-refractivity contribution in [2.75, 3.05) is 18.5 Å². The minimum Gasteiger partial charge on any atom is -0.494 e. The van der Waals surface area contributed by atoms with Gasteiger partial charge in [-0.15, -0.1) is 0 Å². The Morgan fingerprint density at radius 3 is 2.80 bits per heavy atom. The van der Waals surface area contributed by atoms with Crippen LogP contribution in [0.15, 0.2) is 42.5 Å². The third-order valence-electron chi connectivity index (χ3n) is 3.95. The third kappa shape index (κ3) is 4.50. The average molecular weight is 339 g/mol. The Bertz CT molecular complexity index is 772. The summed E-state index contributed by atoms with van der Waals surface area (Å²) in [5, 5.41) is 8.26. The topological polar surface area (TPSA) is 79.5 Å². The molecular formula is C19H21N3O3. The van der Waals surface area contributed by atoms with Gasteiger partial charge in [0.15, 0.2) is 0 Å². The SMILES string of the molecule is Cc1ccc(OCCCNC(=O)Nc2ccc3c(c2)C(=O)NC3)cc1. The van der Waals surface area contributed by atoms with Crippen molar-refractivity contribution in [3.63, 3.8) is 0 Å². The van der Waals surface area contributed by atoms with Crippen LogP contribution in [0.25, 0.3) is 0 Å². The number of ether oxygens (including phenoxy) is 1. The van der Waals surface area contributed by atoms with Gasteiger partial charge in [-0.2, -0.15) is 0 Å². The number of hydrogen-bond donors (Lipinski definition) is 3. The second-order valence-electron chi connectivity index (χ2n) is 5.95. The normalized spacial score (nSPS) is 12.3. The van der Waals surface area contributed by atoms with E-state index in [1.165, 1.54) is 5.56 Å². The van der Waals surface area contributed by atoms with Gasteiger partial charge in [0.1, 0.15) is 5.75 Å². The van der Waals surface area contributed by atoms with Crippen LogP contribution in [0.2, 0.25) is 0 Å². The molecule has 3 rings (SSSR count). The molecule has 0 saturated heterocycles. The molecule has 1 aliphatic heterocycles. The maximum absolute atomic E-state index is 11.9. The van der Waals surface area contributed by atoms with Crippen molar-refractivity contribution in [1.82, 2.24) is 10.6 Å². The van der Waals surface area contributed by atoms with Crippen LogP contribution in [0.4, 0.5) is 10.5 Å². The lowest BCUT2D eigenvalue weighted by molar-refractivity contribution is 0.0965. The van der Waals surface area contributed by atoms with E-state index < -0.39 is 0 Å². The number of rotatable bonds is 6. The maximum Gasteiger partial charge on any atom is 0.319 e. The standard InChI is InChI=1S/C19H21N3O3/c1-13-3-7-16(8-4-13)25-10-2-9-20-19(24)22-15-6-5-14-12-21-18(23)17(14)11-15/h3-8,11H,2,9-10,12H2,1H3,(H,21,23)(H2,20,22,24). The molecule has 0 fully saturated rings. The Kier molecular flexibility index (Phi) is 5.18. The van der Waals surface area contributed by atoms with Gasteiger partial charge in [-0.25, -0.2) is 4.79 Å². The zero-order valence-corrected chi connectivity index (χ0v) is 14.1. The largest absolute Gasteiger partial charge is 0.494 e. The number of anilines is 1. The van der Waals surface area contributed by atoms with Gasteiger partial charge in [0.2, 0.25) is 0 Å². The highest BCUT2D eigenvalue weighted by Gasteiger charge is 2.18. The first-order chi connectivity index (χ1) is 12.1. The van der Waals surface area contributed by atoms with Crippen molar-refractivity contribution in [1.29, 1.82) is 0 Å². The molecular weight excluding hydrogens is 318 g/mol. The molecule has 3 amide bonds. The van der Waals surface area contributed by atoms with Crippen LogP contribution in [0.1, 0.15) is 27.9 Å². The molecule has 2 aromatic rings. The van der Waals surface area contributed by atoms with E-state index in [4.69, 9.17) is 4.74 Å². The summed E-state index contributed by atoms with van der Waals surface area (Å²) in [6, 6.07) is 12.9. The van der Waals surface area contributed by atoms with Gasteiger partial charge < -0.3 is 20.7 Å². The molecule has 0 unspecified atom stereocenters. The maximum atomic E-state index is 11.9. The Morgan fingerprint density at radius 2 is 2.00 bits per heavy atom.